The maximum atomic E-state index is 12.8. The molecule has 0 aromatic heterocycles. The Labute approximate surface area is 73.5 Å². The zero-order valence-electron chi connectivity index (χ0n) is 6.68. The van der Waals surface area contributed by atoms with E-state index < -0.39 is 17.5 Å². The lowest BCUT2D eigenvalue weighted by Crippen LogP contribution is -2.22. The fourth-order valence-corrected chi connectivity index (χ4v) is 0.815. The zero-order chi connectivity index (χ0) is 9.84. The van der Waals surface area contributed by atoms with Crippen molar-refractivity contribution in [2.75, 3.05) is 11.9 Å². The molecule has 0 atom stereocenters. The highest BCUT2D eigenvalue weighted by molar-refractivity contribution is 5.78. The first-order valence-electron chi connectivity index (χ1n) is 3.57. The van der Waals surface area contributed by atoms with Gasteiger partial charge in [-0.3, -0.25) is 4.79 Å². The summed E-state index contributed by atoms with van der Waals surface area (Å²) in [6.45, 7) is -0.178. The van der Waals surface area contributed by atoms with Crippen LogP contribution in [0.3, 0.4) is 0 Å². The van der Waals surface area contributed by atoms with Gasteiger partial charge in [0.1, 0.15) is 11.6 Å². The number of nitrogens with one attached hydrogen (secondary N) is 1. The molecule has 5 heteroatoms. The Balaban J connectivity index is 2.72. The Morgan fingerprint density at radius 2 is 2.15 bits per heavy atom. The molecule has 0 heterocycles. The first-order chi connectivity index (χ1) is 6.09. The third-order valence-corrected chi connectivity index (χ3v) is 1.38. The van der Waals surface area contributed by atoms with Gasteiger partial charge in [0.05, 0.1) is 12.2 Å². The van der Waals surface area contributed by atoms with E-state index in [1.54, 1.807) is 0 Å². The summed E-state index contributed by atoms with van der Waals surface area (Å²) in [5.41, 5.74) is 4.88. The van der Waals surface area contributed by atoms with Gasteiger partial charge in [0.25, 0.3) is 0 Å². The summed E-state index contributed by atoms with van der Waals surface area (Å²) in [7, 11) is 0. The average molecular weight is 186 g/mol. The summed E-state index contributed by atoms with van der Waals surface area (Å²) in [4.78, 5) is 10.3. The molecule has 0 bridgehead atoms. The number of primary amides is 1. The molecule has 3 N–H and O–H groups in total. The van der Waals surface area contributed by atoms with Crippen molar-refractivity contribution < 1.29 is 13.6 Å². The molecule has 1 amide bonds. The fraction of sp³-hybridized carbons (Fsp3) is 0.125. The Bertz CT molecular complexity index is 328. The Hall–Kier alpha value is -1.65. The van der Waals surface area contributed by atoms with Crippen LogP contribution in [0.1, 0.15) is 0 Å². The minimum atomic E-state index is -0.749. The molecule has 13 heavy (non-hydrogen) atoms. The van der Waals surface area contributed by atoms with Crippen LogP contribution in [0.15, 0.2) is 18.2 Å². The molecule has 1 aromatic carbocycles. The number of benzene rings is 1. The minimum Gasteiger partial charge on any atom is -0.374 e. The first-order valence-corrected chi connectivity index (χ1v) is 3.57. The van der Waals surface area contributed by atoms with Crippen molar-refractivity contribution in [3.63, 3.8) is 0 Å². The summed E-state index contributed by atoms with van der Waals surface area (Å²) in [5.74, 6) is -2.02. The van der Waals surface area contributed by atoms with Crippen LogP contribution in [-0.4, -0.2) is 12.5 Å². The van der Waals surface area contributed by atoms with Crippen molar-refractivity contribution in [2.24, 2.45) is 5.73 Å². The molecule has 0 aliphatic carbocycles. The van der Waals surface area contributed by atoms with E-state index in [1.165, 1.54) is 6.07 Å². The maximum absolute atomic E-state index is 12.8. The third-order valence-electron chi connectivity index (χ3n) is 1.38. The van der Waals surface area contributed by atoms with Crippen molar-refractivity contribution in [1.29, 1.82) is 0 Å². The summed E-state index contributed by atoms with van der Waals surface area (Å²) in [5, 5.41) is 2.42. The van der Waals surface area contributed by atoms with Gasteiger partial charge >= 0.3 is 0 Å². The van der Waals surface area contributed by atoms with E-state index in [0.717, 1.165) is 12.1 Å². The number of amides is 1. The summed E-state index contributed by atoms with van der Waals surface area (Å²) < 4.78 is 25.2. The van der Waals surface area contributed by atoms with Crippen molar-refractivity contribution in [1.82, 2.24) is 0 Å². The molecule has 0 fully saturated rings. The number of anilines is 1. The van der Waals surface area contributed by atoms with Crippen LogP contribution in [0.5, 0.6) is 0 Å². The smallest absolute Gasteiger partial charge is 0.236 e. The molecule has 0 saturated heterocycles. The Kier molecular flexibility index (Phi) is 2.79. The monoisotopic (exact) mass is 186 g/mol. The highest BCUT2D eigenvalue weighted by atomic mass is 19.1. The number of carbonyl (C=O) groups is 1. The van der Waals surface area contributed by atoms with E-state index >= 15 is 0 Å². The van der Waals surface area contributed by atoms with E-state index in [2.05, 4.69) is 5.32 Å². The normalized spacial score (nSPS) is 9.69. The van der Waals surface area contributed by atoms with E-state index in [9.17, 15) is 13.6 Å². The highest BCUT2D eigenvalue weighted by Gasteiger charge is 2.03. The standard InChI is InChI=1S/C8H8F2N2O/c9-5-1-2-7(6(10)3-5)12-4-8(11)13/h1-3,12H,4H2,(H2,11,13). The van der Waals surface area contributed by atoms with Crippen LogP contribution in [0.25, 0.3) is 0 Å². The molecule has 0 unspecified atom stereocenters. The number of hydrogen-bond acceptors (Lipinski definition) is 2. The lowest BCUT2D eigenvalue weighted by Gasteiger charge is -2.04. The predicted octanol–water partition coefficient (Wildman–Crippen LogP) is 0.862. The van der Waals surface area contributed by atoms with Crippen molar-refractivity contribution in [2.45, 2.75) is 0 Å². The topological polar surface area (TPSA) is 55.1 Å². The van der Waals surface area contributed by atoms with Crippen LogP contribution >= 0.6 is 0 Å². The molecular weight excluding hydrogens is 178 g/mol. The molecule has 0 saturated carbocycles. The van der Waals surface area contributed by atoms with Gasteiger partial charge < -0.3 is 11.1 Å². The fourth-order valence-electron chi connectivity index (χ4n) is 0.815. The van der Waals surface area contributed by atoms with Gasteiger partial charge in [-0.2, -0.15) is 0 Å². The largest absolute Gasteiger partial charge is 0.374 e. The average Bonchev–Trinajstić information content (AvgIpc) is 2.02. The van der Waals surface area contributed by atoms with Crippen LogP contribution in [0.2, 0.25) is 0 Å². The van der Waals surface area contributed by atoms with Gasteiger partial charge in [-0.1, -0.05) is 0 Å². The van der Waals surface area contributed by atoms with E-state index in [4.69, 9.17) is 5.73 Å². The van der Waals surface area contributed by atoms with Gasteiger partial charge in [0.2, 0.25) is 5.91 Å². The lowest BCUT2D eigenvalue weighted by molar-refractivity contribution is -0.116. The Morgan fingerprint density at radius 1 is 1.46 bits per heavy atom. The molecule has 0 aliphatic rings. The molecule has 1 aromatic rings. The van der Waals surface area contributed by atoms with Crippen molar-refractivity contribution >= 4 is 11.6 Å². The molecule has 70 valence electrons. The van der Waals surface area contributed by atoms with Crippen LogP contribution in [-0.2, 0) is 4.79 Å². The second kappa shape index (κ2) is 3.84. The van der Waals surface area contributed by atoms with Gasteiger partial charge in [-0.05, 0) is 12.1 Å². The van der Waals surface area contributed by atoms with E-state index in [0.29, 0.717) is 0 Å². The number of halogens is 2. The molecule has 0 radical (unpaired) electrons. The highest BCUT2D eigenvalue weighted by Crippen LogP contribution is 2.13. The third kappa shape index (κ3) is 2.70. The number of hydrogen-bond donors (Lipinski definition) is 2. The second-order valence-electron chi connectivity index (χ2n) is 2.44. The molecule has 0 spiro atoms. The molecule has 3 nitrogen and oxygen atoms in total. The maximum Gasteiger partial charge on any atom is 0.236 e. The van der Waals surface area contributed by atoms with E-state index in [-0.39, 0.29) is 12.2 Å². The Morgan fingerprint density at radius 3 is 2.69 bits per heavy atom. The predicted molar refractivity (Wildman–Crippen MR) is 44.0 cm³/mol. The quantitative estimate of drug-likeness (QED) is 0.735. The van der Waals surface area contributed by atoms with Crippen LogP contribution < -0.4 is 11.1 Å². The SMILES string of the molecule is NC(=O)CNc1ccc(F)cc1F. The summed E-state index contributed by atoms with van der Waals surface area (Å²) >= 11 is 0. The van der Waals surface area contributed by atoms with Crippen molar-refractivity contribution in [3.8, 4) is 0 Å². The summed E-state index contributed by atoms with van der Waals surface area (Å²) in [6.07, 6.45) is 0. The number of rotatable bonds is 3. The van der Waals surface area contributed by atoms with Gasteiger partial charge in [-0.15, -0.1) is 0 Å². The number of carbonyl (C=O) groups excluding carboxylic acids is 1. The van der Waals surface area contributed by atoms with E-state index in [1.807, 2.05) is 0 Å². The minimum absolute atomic E-state index is 0.0557. The van der Waals surface area contributed by atoms with Crippen molar-refractivity contribution in [3.05, 3.63) is 29.8 Å². The summed E-state index contributed by atoms with van der Waals surface area (Å²) in [6, 6.07) is 3.02. The molecular formula is C8H8F2N2O. The van der Waals surface area contributed by atoms with Gasteiger partial charge in [0, 0.05) is 6.07 Å². The second-order valence-corrected chi connectivity index (χ2v) is 2.44. The zero-order valence-corrected chi connectivity index (χ0v) is 6.68. The van der Waals surface area contributed by atoms with Gasteiger partial charge in [0.15, 0.2) is 0 Å². The van der Waals surface area contributed by atoms with Crippen LogP contribution in [0.4, 0.5) is 14.5 Å². The van der Waals surface area contributed by atoms with Gasteiger partial charge in [-0.25, -0.2) is 8.78 Å². The number of nitrogens with two attached hydrogens (primary N) is 1. The first kappa shape index (κ1) is 9.44. The molecule has 0 aliphatic heterocycles. The lowest BCUT2D eigenvalue weighted by atomic mass is 10.3. The molecule has 1 rings (SSSR count). The van der Waals surface area contributed by atoms with Crippen LogP contribution in [0, 0.1) is 11.6 Å².